The third kappa shape index (κ3) is 2.13. The van der Waals surface area contributed by atoms with Crippen LogP contribution in [0.4, 0.5) is 0 Å². The van der Waals surface area contributed by atoms with Crippen LogP contribution in [0.3, 0.4) is 0 Å². The van der Waals surface area contributed by atoms with E-state index >= 15 is 0 Å². The number of carboxylic acids is 1. The van der Waals surface area contributed by atoms with Gasteiger partial charge in [0.05, 0.1) is 13.5 Å². The van der Waals surface area contributed by atoms with E-state index in [2.05, 4.69) is 4.98 Å². The third-order valence-electron chi connectivity index (χ3n) is 2.43. The van der Waals surface area contributed by atoms with Crippen LogP contribution in [0, 0.1) is 0 Å². The fourth-order valence-corrected chi connectivity index (χ4v) is 1.69. The first-order chi connectivity index (χ1) is 8.11. The standard InChI is InChI=1S/C12H11NO4/c1-17-10-5-7(6-11(15)16)8-3-2-4-9(14)12(8)13-10/h2-5,14H,6H2,1H3,(H,15,16). The van der Waals surface area contributed by atoms with Gasteiger partial charge in [0.1, 0.15) is 11.3 Å². The number of nitrogens with zero attached hydrogens (tertiary/aromatic N) is 1. The van der Waals surface area contributed by atoms with Crippen LogP contribution in [0.1, 0.15) is 5.56 Å². The van der Waals surface area contributed by atoms with Crippen LogP contribution in [-0.2, 0) is 11.2 Å². The first-order valence-corrected chi connectivity index (χ1v) is 4.99. The van der Waals surface area contributed by atoms with Crippen LogP contribution < -0.4 is 4.74 Å². The van der Waals surface area contributed by atoms with E-state index in [4.69, 9.17) is 9.84 Å². The van der Waals surface area contributed by atoms with Gasteiger partial charge in [-0.3, -0.25) is 4.79 Å². The van der Waals surface area contributed by atoms with Gasteiger partial charge in [0.2, 0.25) is 5.88 Å². The minimum atomic E-state index is -0.942. The Kier molecular flexibility index (Phi) is 2.82. The van der Waals surface area contributed by atoms with Crippen molar-refractivity contribution >= 4 is 16.9 Å². The maximum absolute atomic E-state index is 10.8. The lowest BCUT2D eigenvalue weighted by molar-refractivity contribution is -0.136. The van der Waals surface area contributed by atoms with Crippen LogP contribution in [0.5, 0.6) is 11.6 Å². The van der Waals surface area contributed by atoms with Crippen LogP contribution in [0.2, 0.25) is 0 Å². The maximum atomic E-state index is 10.8. The predicted molar refractivity (Wildman–Crippen MR) is 61.3 cm³/mol. The minimum absolute atomic E-state index is 0.00744. The number of hydrogen-bond donors (Lipinski definition) is 2. The van der Waals surface area contributed by atoms with E-state index in [0.29, 0.717) is 16.5 Å². The molecule has 0 aliphatic carbocycles. The number of aliphatic carboxylic acids is 1. The SMILES string of the molecule is COc1cc(CC(=O)O)c2cccc(O)c2n1. The molecule has 2 N–H and O–H groups in total. The second-order valence-electron chi connectivity index (χ2n) is 3.57. The third-order valence-corrected chi connectivity index (χ3v) is 2.43. The summed E-state index contributed by atoms with van der Waals surface area (Å²) in [5, 5.41) is 19.1. The predicted octanol–water partition coefficient (Wildman–Crippen LogP) is 1.58. The lowest BCUT2D eigenvalue weighted by Crippen LogP contribution is -2.02. The van der Waals surface area contributed by atoms with E-state index in [9.17, 15) is 9.90 Å². The molecule has 0 spiro atoms. The molecule has 1 heterocycles. The fourth-order valence-electron chi connectivity index (χ4n) is 1.69. The Morgan fingerprint density at radius 1 is 1.47 bits per heavy atom. The molecule has 0 radical (unpaired) electrons. The number of ether oxygens (including phenoxy) is 1. The zero-order chi connectivity index (χ0) is 12.4. The molecule has 0 aliphatic rings. The van der Waals surface area contributed by atoms with Crippen molar-refractivity contribution in [2.24, 2.45) is 0 Å². The largest absolute Gasteiger partial charge is 0.506 e. The van der Waals surface area contributed by atoms with E-state index in [-0.39, 0.29) is 18.1 Å². The summed E-state index contributed by atoms with van der Waals surface area (Å²) in [4.78, 5) is 14.9. The quantitative estimate of drug-likeness (QED) is 0.841. The summed E-state index contributed by atoms with van der Waals surface area (Å²) in [7, 11) is 1.44. The van der Waals surface area contributed by atoms with Gasteiger partial charge in [-0.1, -0.05) is 12.1 Å². The summed E-state index contributed by atoms with van der Waals surface area (Å²) >= 11 is 0. The number of phenols is 1. The van der Waals surface area contributed by atoms with Crippen molar-refractivity contribution in [2.75, 3.05) is 7.11 Å². The van der Waals surface area contributed by atoms with Crippen LogP contribution in [-0.4, -0.2) is 28.3 Å². The number of aromatic nitrogens is 1. The van der Waals surface area contributed by atoms with Gasteiger partial charge in [0.25, 0.3) is 0 Å². The second-order valence-corrected chi connectivity index (χ2v) is 3.57. The van der Waals surface area contributed by atoms with Crippen LogP contribution in [0.15, 0.2) is 24.3 Å². The summed E-state index contributed by atoms with van der Waals surface area (Å²) in [6, 6.07) is 6.44. The van der Waals surface area contributed by atoms with Gasteiger partial charge in [-0.15, -0.1) is 0 Å². The number of hydrogen-bond acceptors (Lipinski definition) is 4. The number of carboxylic acid groups (broad SMARTS) is 1. The number of rotatable bonds is 3. The van der Waals surface area contributed by atoms with Gasteiger partial charge in [0, 0.05) is 11.5 Å². The average molecular weight is 233 g/mol. The normalized spacial score (nSPS) is 10.4. The van der Waals surface area contributed by atoms with Crippen molar-refractivity contribution in [1.82, 2.24) is 4.98 Å². The van der Waals surface area contributed by atoms with Crippen molar-refractivity contribution in [1.29, 1.82) is 0 Å². The molecule has 0 bridgehead atoms. The van der Waals surface area contributed by atoms with Crippen molar-refractivity contribution in [3.63, 3.8) is 0 Å². The molecule has 0 saturated carbocycles. The Balaban J connectivity index is 2.71. The van der Waals surface area contributed by atoms with Gasteiger partial charge < -0.3 is 14.9 Å². The highest BCUT2D eigenvalue weighted by atomic mass is 16.5. The Hall–Kier alpha value is -2.30. The summed E-state index contributed by atoms with van der Waals surface area (Å²) in [6.07, 6.45) is -0.140. The number of phenolic OH excluding ortho intramolecular Hbond substituents is 1. The van der Waals surface area contributed by atoms with Crippen molar-refractivity contribution in [3.8, 4) is 11.6 Å². The molecule has 0 saturated heterocycles. The zero-order valence-electron chi connectivity index (χ0n) is 9.17. The molecule has 88 valence electrons. The Bertz CT molecular complexity index is 580. The number of benzene rings is 1. The average Bonchev–Trinajstić information content (AvgIpc) is 2.29. The minimum Gasteiger partial charge on any atom is -0.506 e. The number of pyridine rings is 1. The molecular formula is C12H11NO4. The monoisotopic (exact) mass is 233 g/mol. The van der Waals surface area contributed by atoms with Crippen LogP contribution in [0.25, 0.3) is 10.9 Å². The molecule has 5 heteroatoms. The topological polar surface area (TPSA) is 79.7 Å². The molecular weight excluding hydrogens is 222 g/mol. The molecule has 0 unspecified atom stereocenters. The summed E-state index contributed by atoms with van der Waals surface area (Å²) in [5.74, 6) is -0.647. The Morgan fingerprint density at radius 3 is 2.88 bits per heavy atom. The van der Waals surface area contributed by atoms with E-state index in [1.165, 1.54) is 13.2 Å². The van der Waals surface area contributed by atoms with Gasteiger partial charge in [-0.2, -0.15) is 0 Å². The van der Waals surface area contributed by atoms with E-state index in [1.54, 1.807) is 18.2 Å². The lowest BCUT2D eigenvalue weighted by atomic mass is 10.1. The van der Waals surface area contributed by atoms with Crippen molar-refractivity contribution < 1.29 is 19.7 Å². The van der Waals surface area contributed by atoms with Gasteiger partial charge in [-0.05, 0) is 11.6 Å². The summed E-state index contributed by atoms with van der Waals surface area (Å²) < 4.78 is 4.98. The fraction of sp³-hybridized carbons (Fsp3) is 0.167. The second kappa shape index (κ2) is 4.29. The summed E-state index contributed by atoms with van der Waals surface area (Å²) in [5.41, 5.74) is 0.915. The number of aromatic hydroxyl groups is 1. The van der Waals surface area contributed by atoms with Crippen molar-refractivity contribution in [2.45, 2.75) is 6.42 Å². The molecule has 2 aromatic rings. The highest BCUT2D eigenvalue weighted by molar-refractivity contribution is 5.90. The van der Waals surface area contributed by atoms with E-state index in [0.717, 1.165) is 0 Å². The van der Waals surface area contributed by atoms with Gasteiger partial charge >= 0.3 is 5.97 Å². The molecule has 1 aromatic carbocycles. The summed E-state index contributed by atoms with van der Waals surface area (Å²) in [6.45, 7) is 0. The van der Waals surface area contributed by atoms with Gasteiger partial charge in [0.15, 0.2) is 0 Å². The number of para-hydroxylation sites is 1. The highest BCUT2D eigenvalue weighted by Crippen LogP contribution is 2.28. The number of fused-ring (bicyclic) bond motifs is 1. The molecule has 17 heavy (non-hydrogen) atoms. The smallest absolute Gasteiger partial charge is 0.307 e. The Labute approximate surface area is 97.3 Å². The van der Waals surface area contributed by atoms with E-state index < -0.39 is 5.97 Å². The molecule has 2 rings (SSSR count). The zero-order valence-corrected chi connectivity index (χ0v) is 9.17. The maximum Gasteiger partial charge on any atom is 0.307 e. The molecule has 0 aliphatic heterocycles. The highest BCUT2D eigenvalue weighted by Gasteiger charge is 2.11. The number of methoxy groups -OCH3 is 1. The van der Waals surface area contributed by atoms with Gasteiger partial charge in [-0.25, -0.2) is 4.98 Å². The first kappa shape index (κ1) is 11.2. The Morgan fingerprint density at radius 2 is 2.24 bits per heavy atom. The number of carbonyl (C=O) groups is 1. The van der Waals surface area contributed by atoms with E-state index in [1.807, 2.05) is 0 Å². The molecule has 5 nitrogen and oxygen atoms in total. The first-order valence-electron chi connectivity index (χ1n) is 4.99. The molecule has 0 amide bonds. The van der Waals surface area contributed by atoms with Crippen molar-refractivity contribution in [3.05, 3.63) is 29.8 Å². The van der Waals surface area contributed by atoms with Crippen LogP contribution >= 0.6 is 0 Å². The molecule has 1 aromatic heterocycles. The molecule has 0 atom stereocenters. The molecule has 0 fully saturated rings. The lowest BCUT2D eigenvalue weighted by Gasteiger charge is -2.08.